The molecule has 4 rings (SSSR count). The predicted molar refractivity (Wildman–Crippen MR) is 117 cm³/mol. The molecule has 2 amide bonds. The van der Waals surface area contributed by atoms with Crippen molar-refractivity contribution in [1.82, 2.24) is 15.2 Å². The van der Waals surface area contributed by atoms with Gasteiger partial charge >= 0.3 is 6.09 Å². The summed E-state index contributed by atoms with van der Waals surface area (Å²) in [6, 6.07) is 8.49. The summed E-state index contributed by atoms with van der Waals surface area (Å²) < 4.78 is 5.48. The summed E-state index contributed by atoms with van der Waals surface area (Å²) in [6.45, 7) is 7.09. The van der Waals surface area contributed by atoms with E-state index in [-0.39, 0.29) is 18.0 Å². The van der Waals surface area contributed by atoms with Crippen LogP contribution in [0.2, 0.25) is 0 Å². The maximum atomic E-state index is 12.3. The number of nitrogens with one attached hydrogen (secondary N) is 1. The highest BCUT2D eigenvalue weighted by Crippen LogP contribution is 2.33. The molecular formula is C23H29N3O3S. The van der Waals surface area contributed by atoms with Gasteiger partial charge in [0.2, 0.25) is 5.91 Å². The number of amides is 2. The van der Waals surface area contributed by atoms with Crippen LogP contribution in [-0.4, -0.2) is 40.6 Å². The number of hydrogen-bond acceptors (Lipinski definition) is 5. The Morgan fingerprint density at radius 3 is 2.47 bits per heavy atom. The molecule has 1 N–H and O–H groups in total. The zero-order valence-electron chi connectivity index (χ0n) is 17.8. The van der Waals surface area contributed by atoms with Crippen molar-refractivity contribution in [3.05, 3.63) is 40.9 Å². The van der Waals surface area contributed by atoms with Crippen molar-refractivity contribution < 1.29 is 14.3 Å². The standard InChI is InChI=1S/C23H29N3O3S/c1-23(2,3)29-22(28)26-12-10-16(11-13-26)19-14-30-21(25-19)17-6-4-15(5-7-17)18-8-9-20(27)24-18/h4-7,14,16,18H,8-13H2,1-3H3,(H,24,27). The van der Waals surface area contributed by atoms with E-state index in [0.717, 1.165) is 41.1 Å². The van der Waals surface area contributed by atoms with Gasteiger partial charge in [0, 0.05) is 36.4 Å². The number of benzene rings is 1. The second kappa shape index (κ2) is 8.38. The van der Waals surface area contributed by atoms with E-state index in [0.29, 0.717) is 25.4 Å². The van der Waals surface area contributed by atoms with Crippen LogP contribution < -0.4 is 5.32 Å². The molecule has 7 heteroatoms. The van der Waals surface area contributed by atoms with Crippen LogP contribution >= 0.6 is 11.3 Å². The fourth-order valence-corrected chi connectivity index (χ4v) is 4.92. The molecule has 1 unspecified atom stereocenters. The highest BCUT2D eigenvalue weighted by molar-refractivity contribution is 7.13. The lowest BCUT2D eigenvalue weighted by Crippen LogP contribution is -2.41. The third-order valence-electron chi connectivity index (χ3n) is 5.64. The number of aromatic nitrogens is 1. The first-order valence-corrected chi connectivity index (χ1v) is 11.5. The van der Waals surface area contributed by atoms with Crippen molar-refractivity contribution in [2.75, 3.05) is 13.1 Å². The summed E-state index contributed by atoms with van der Waals surface area (Å²) in [5.74, 6) is 0.507. The number of rotatable bonds is 3. The highest BCUT2D eigenvalue weighted by atomic mass is 32.1. The van der Waals surface area contributed by atoms with Gasteiger partial charge in [-0.2, -0.15) is 0 Å². The quantitative estimate of drug-likeness (QED) is 0.758. The van der Waals surface area contributed by atoms with Gasteiger partial charge in [-0.25, -0.2) is 9.78 Å². The molecule has 2 aliphatic heterocycles. The van der Waals surface area contributed by atoms with Crippen molar-refractivity contribution in [1.29, 1.82) is 0 Å². The first kappa shape index (κ1) is 20.8. The first-order valence-electron chi connectivity index (χ1n) is 10.6. The minimum Gasteiger partial charge on any atom is -0.444 e. The smallest absolute Gasteiger partial charge is 0.410 e. The van der Waals surface area contributed by atoms with Crippen LogP contribution in [0, 0.1) is 0 Å². The number of piperidine rings is 1. The van der Waals surface area contributed by atoms with Gasteiger partial charge in [0.05, 0.1) is 11.7 Å². The van der Waals surface area contributed by atoms with Crippen molar-refractivity contribution in [3.63, 3.8) is 0 Å². The summed E-state index contributed by atoms with van der Waals surface area (Å²) in [5.41, 5.74) is 2.91. The number of likely N-dealkylation sites (tertiary alicyclic amines) is 1. The Bertz CT molecular complexity index is 909. The van der Waals surface area contributed by atoms with Crippen molar-refractivity contribution in [3.8, 4) is 10.6 Å². The van der Waals surface area contributed by atoms with E-state index in [4.69, 9.17) is 9.72 Å². The molecule has 0 aliphatic carbocycles. The normalized spacial score (nSPS) is 20.3. The Labute approximate surface area is 181 Å². The summed E-state index contributed by atoms with van der Waals surface area (Å²) in [7, 11) is 0. The summed E-state index contributed by atoms with van der Waals surface area (Å²) in [6.07, 6.45) is 3.06. The molecule has 30 heavy (non-hydrogen) atoms. The molecule has 0 bridgehead atoms. The summed E-state index contributed by atoms with van der Waals surface area (Å²) in [4.78, 5) is 30.4. The van der Waals surface area contributed by atoms with E-state index >= 15 is 0 Å². The molecule has 2 aliphatic rings. The maximum absolute atomic E-state index is 12.3. The van der Waals surface area contributed by atoms with Gasteiger partial charge in [-0.3, -0.25) is 4.79 Å². The number of carbonyl (C=O) groups excluding carboxylic acids is 2. The minimum absolute atomic E-state index is 0.131. The van der Waals surface area contributed by atoms with Crippen LogP contribution in [0.4, 0.5) is 4.79 Å². The number of ether oxygens (including phenoxy) is 1. The molecule has 1 atom stereocenters. The van der Waals surface area contributed by atoms with Gasteiger partial charge < -0.3 is 15.0 Å². The van der Waals surface area contributed by atoms with Crippen LogP contribution in [0.25, 0.3) is 10.6 Å². The Morgan fingerprint density at radius 2 is 1.87 bits per heavy atom. The van der Waals surface area contributed by atoms with Crippen molar-refractivity contribution in [2.45, 2.75) is 64.0 Å². The molecular weight excluding hydrogens is 398 g/mol. The average molecular weight is 428 g/mol. The summed E-state index contributed by atoms with van der Waals surface area (Å²) in [5, 5.41) is 6.17. The van der Waals surface area contributed by atoms with Crippen LogP contribution in [-0.2, 0) is 9.53 Å². The van der Waals surface area contributed by atoms with Crippen LogP contribution in [0.3, 0.4) is 0 Å². The Balaban J connectivity index is 1.36. The van der Waals surface area contributed by atoms with Crippen LogP contribution in [0.5, 0.6) is 0 Å². The number of carbonyl (C=O) groups is 2. The molecule has 3 heterocycles. The molecule has 0 radical (unpaired) electrons. The van der Waals surface area contributed by atoms with Gasteiger partial charge in [-0.15, -0.1) is 11.3 Å². The van der Waals surface area contributed by atoms with Gasteiger partial charge in [-0.05, 0) is 45.6 Å². The summed E-state index contributed by atoms with van der Waals surface area (Å²) >= 11 is 1.66. The molecule has 1 aromatic carbocycles. The van der Waals surface area contributed by atoms with E-state index in [1.54, 1.807) is 16.2 Å². The number of thiazole rings is 1. The van der Waals surface area contributed by atoms with E-state index in [1.807, 2.05) is 20.8 Å². The molecule has 6 nitrogen and oxygen atoms in total. The second-order valence-corrected chi connectivity index (χ2v) is 9.96. The fraction of sp³-hybridized carbons (Fsp3) is 0.522. The topological polar surface area (TPSA) is 71.5 Å². The lowest BCUT2D eigenvalue weighted by molar-refractivity contribution is -0.119. The highest BCUT2D eigenvalue weighted by Gasteiger charge is 2.28. The maximum Gasteiger partial charge on any atom is 0.410 e. The van der Waals surface area contributed by atoms with E-state index in [9.17, 15) is 9.59 Å². The first-order chi connectivity index (χ1) is 14.3. The second-order valence-electron chi connectivity index (χ2n) is 9.10. The van der Waals surface area contributed by atoms with Crippen LogP contribution in [0.15, 0.2) is 29.6 Å². The Morgan fingerprint density at radius 1 is 1.17 bits per heavy atom. The molecule has 0 saturated carbocycles. The SMILES string of the molecule is CC(C)(C)OC(=O)N1CCC(c2csc(-c3ccc(C4CCC(=O)N4)cc3)n2)CC1. The van der Waals surface area contributed by atoms with Gasteiger partial charge in [0.1, 0.15) is 10.6 Å². The zero-order valence-corrected chi connectivity index (χ0v) is 18.6. The third-order valence-corrected chi connectivity index (χ3v) is 6.55. The molecule has 1 aromatic heterocycles. The van der Waals surface area contributed by atoms with Crippen molar-refractivity contribution in [2.24, 2.45) is 0 Å². The zero-order chi connectivity index (χ0) is 21.3. The Hall–Kier alpha value is -2.41. The number of nitrogens with zero attached hydrogens (tertiary/aromatic N) is 2. The van der Waals surface area contributed by atoms with E-state index in [1.165, 1.54) is 0 Å². The molecule has 0 spiro atoms. The molecule has 2 fully saturated rings. The largest absolute Gasteiger partial charge is 0.444 e. The molecule has 2 aromatic rings. The number of hydrogen-bond donors (Lipinski definition) is 1. The monoisotopic (exact) mass is 427 g/mol. The van der Waals surface area contributed by atoms with Gasteiger partial charge in [-0.1, -0.05) is 24.3 Å². The Kier molecular flexibility index (Phi) is 5.82. The lowest BCUT2D eigenvalue weighted by atomic mass is 9.94. The van der Waals surface area contributed by atoms with Crippen LogP contribution in [0.1, 0.15) is 69.7 Å². The molecule has 160 valence electrons. The average Bonchev–Trinajstić information content (AvgIpc) is 3.36. The minimum atomic E-state index is -0.462. The third kappa shape index (κ3) is 4.83. The van der Waals surface area contributed by atoms with E-state index in [2.05, 4.69) is 35.0 Å². The predicted octanol–water partition coefficient (Wildman–Crippen LogP) is 4.88. The van der Waals surface area contributed by atoms with Gasteiger partial charge in [0.25, 0.3) is 0 Å². The molecule has 2 saturated heterocycles. The van der Waals surface area contributed by atoms with Gasteiger partial charge in [0.15, 0.2) is 0 Å². The van der Waals surface area contributed by atoms with Crippen molar-refractivity contribution >= 4 is 23.3 Å². The fourth-order valence-electron chi connectivity index (χ4n) is 4.01. The lowest BCUT2D eigenvalue weighted by Gasteiger charge is -2.32. The van der Waals surface area contributed by atoms with E-state index < -0.39 is 5.60 Å².